The van der Waals surface area contributed by atoms with Crippen LogP contribution < -0.4 is 10.0 Å². The van der Waals surface area contributed by atoms with Gasteiger partial charge in [-0.1, -0.05) is 11.6 Å². The molecule has 0 bridgehead atoms. The summed E-state index contributed by atoms with van der Waals surface area (Å²) in [7, 11) is 1.59. The van der Waals surface area contributed by atoms with Crippen LogP contribution in [0, 0.1) is 11.6 Å². The Hall–Kier alpha value is -2.24. The van der Waals surface area contributed by atoms with Gasteiger partial charge in [-0.2, -0.15) is 0 Å². The molecule has 2 aromatic heterocycles. The number of benzene rings is 1. The number of nitrogens with zero attached hydrogens (tertiary/aromatic N) is 2. The fourth-order valence-corrected chi connectivity index (χ4v) is 5.47. The number of nitrogens with one attached hydrogen (secondary N) is 2. The van der Waals surface area contributed by atoms with E-state index in [0.717, 1.165) is 16.6 Å². The fraction of sp³-hybridized carbons (Fsp3) is 0.200. The molecule has 3 atom stereocenters. The molecule has 2 N–H and O–H groups in total. The van der Waals surface area contributed by atoms with Crippen molar-refractivity contribution in [1.82, 2.24) is 14.0 Å². The minimum absolute atomic E-state index is 0.0987. The molecule has 3 aromatic rings. The first-order valence-electron chi connectivity index (χ1n) is 9.19. The van der Waals surface area contributed by atoms with Crippen molar-refractivity contribution in [2.45, 2.75) is 18.5 Å². The van der Waals surface area contributed by atoms with E-state index in [9.17, 15) is 17.8 Å². The number of hydrogen-bond acceptors (Lipinski definition) is 4. The molecule has 0 saturated carbocycles. The third kappa shape index (κ3) is 4.83. The number of carbonyl (C=O) groups is 1. The molecular weight excluding hydrogens is 466 g/mol. The van der Waals surface area contributed by atoms with Crippen LogP contribution >= 0.6 is 22.9 Å². The van der Waals surface area contributed by atoms with E-state index in [4.69, 9.17) is 11.6 Å². The number of halogens is 3. The first kappa shape index (κ1) is 22.0. The Labute approximate surface area is 189 Å². The second-order valence-corrected chi connectivity index (χ2v) is 9.59. The number of thiophene rings is 1. The number of carbonyl (C=O) groups excluding carboxylic acids is 1. The molecule has 4 rings (SSSR count). The average molecular weight is 483 g/mol. The van der Waals surface area contributed by atoms with Crippen molar-refractivity contribution in [1.29, 1.82) is 0 Å². The van der Waals surface area contributed by atoms with E-state index in [-0.39, 0.29) is 17.0 Å². The van der Waals surface area contributed by atoms with Crippen molar-refractivity contribution in [3.8, 4) is 11.3 Å². The lowest BCUT2D eigenvalue weighted by molar-refractivity contribution is -0.120. The van der Waals surface area contributed by atoms with E-state index in [2.05, 4.69) is 15.0 Å². The van der Waals surface area contributed by atoms with Crippen LogP contribution in [0.5, 0.6) is 0 Å². The molecule has 0 spiro atoms. The molecule has 3 unspecified atom stereocenters. The minimum atomic E-state index is -1.59. The van der Waals surface area contributed by atoms with Crippen LogP contribution in [0.2, 0.25) is 5.02 Å². The Kier molecular flexibility index (Phi) is 6.44. The summed E-state index contributed by atoms with van der Waals surface area (Å²) in [4.78, 5) is 17.8. The maximum Gasteiger partial charge on any atom is 0.242 e. The zero-order valence-corrected chi connectivity index (χ0v) is 18.5. The predicted molar refractivity (Wildman–Crippen MR) is 118 cm³/mol. The van der Waals surface area contributed by atoms with Crippen LogP contribution in [0.4, 0.5) is 14.5 Å². The molecule has 1 saturated heterocycles. The summed E-state index contributed by atoms with van der Waals surface area (Å²) in [6.45, 7) is 0. The maximum absolute atomic E-state index is 13.4. The number of pyridine rings is 1. The maximum atomic E-state index is 13.4. The third-order valence-corrected chi connectivity index (χ3v) is 7.48. The Balaban J connectivity index is 1.51. The molecule has 0 aliphatic carbocycles. The van der Waals surface area contributed by atoms with Gasteiger partial charge in [0.1, 0.15) is 17.7 Å². The number of likely N-dealkylation sites (N-methyl/N-ethyl adjacent to an activating group) is 1. The van der Waals surface area contributed by atoms with Gasteiger partial charge in [0.25, 0.3) is 0 Å². The molecule has 0 radical (unpaired) electrons. The highest BCUT2D eigenvalue weighted by atomic mass is 35.5. The van der Waals surface area contributed by atoms with Gasteiger partial charge in [0.05, 0.1) is 23.0 Å². The third-order valence-electron chi connectivity index (χ3n) is 4.88. The number of anilines is 1. The van der Waals surface area contributed by atoms with E-state index >= 15 is 0 Å². The van der Waals surface area contributed by atoms with E-state index in [1.807, 2.05) is 11.4 Å². The lowest BCUT2D eigenvalue weighted by Crippen LogP contribution is -2.52. The molecule has 162 valence electrons. The van der Waals surface area contributed by atoms with Crippen molar-refractivity contribution >= 4 is 45.7 Å². The average Bonchev–Trinajstić information content (AvgIpc) is 3.23. The normalized spacial score (nSPS) is 21.7. The van der Waals surface area contributed by atoms with Gasteiger partial charge < -0.3 is 5.32 Å². The predicted octanol–water partition coefficient (Wildman–Crippen LogP) is 4.29. The fourth-order valence-electron chi connectivity index (χ4n) is 3.20. The van der Waals surface area contributed by atoms with Crippen molar-refractivity contribution < 1.29 is 17.8 Å². The molecular formula is C20H17ClF2N4O2S2. The lowest BCUT2D eigenvalue weighted by Gasteiger charge is -2.35. The van der Waals surface area contributed by atoms with Crippen LogP contribution in [0.15, 0.2) is 48.0 Å². The van der Waals surface area contributed by atoms with Crippen molar-refractivity contribution in [3.05, 3.63) is 69.5 Å². The Morgan fingerprint density at radius 3 is 2.84 bits per heavy atom. The molecule has 6 nitrogen and oxygen atoms in total. The molecule has 1 aliphatic heterocycles. The SMILES string of the molecule is CN1C(C(=O)Nc2ccc(F)c(Cl)c2)CC(c2cc(-c3ccc(F)cn3)cs2)NS1=O. The summed E-state index contributed by atoms with van der Waals surface area (Å²) in [6, 6.07) is 7.70. The Bertz CT molecular complexity index is 1140. The van der Waals surface area contributed by atoms with Gasteiger partial charge in [-0.25, -0.2) is 22.0 Å². The molecule has 11 heteroatoms. The smallest absolute Gasteiger partial charge is 0.242 e. The molecule has 1 aromatic carbocycles. The van der Waals surface area contributed by atoms with Gasteiger partial charge >= 0.3 is 0 Å². The highest BCUT2D eigenvalue weighted by Crippen LogP contribution is 2.34. The zero-order chi connectivity index (χ0) is 22.1. The molecule has 1 amide bonds. The summed E-state index contributed by atoms with van der Waals surface area (Å²) < 4.78 is 43.5. The van der Waals surface area contributed by atoms with Gasteiger partial charge in [0.15, 0.2) is 11.2 Å². The van der Waals surface area contributed by atoms with Crippen molar-refractivity contribution in [3.63, 3.8) is 0 Å². The van der Waals surface area contributed by atoms with Crippen LogP contribution in [-0.2, 0) is 16.0 Å². The van der Waals surface area contributed by atoms with Crippen LogP contribution in [0.1, 0.15) is 17.3 Å². The Morgan fingerprint density at radius 2 is 2.13 bits per heavy atom. The number of rotatable bonds is 4. The minimum Gasteiger partial charge on any atom is -0.325 e. The second kappa shape index (κ2) is 9.09. The van der Waals surface area contributed by atoms with E-state index in [1.54, 1.807) is 13.1 Å². The summed E-state index contributed by atoms with van der Waals surface area (Å²) >= 11 is 5.63. The molecule has 1 aliphatic rings. The van der Waals surface area contributed by atoms with Crippen molar-refractivity contribution in [2.75, 3.05) is 12.4 Å². The monoisotopic (exact) mass is 482 g/mol. The number of hydrogen-bond donors (Lipinski definition) is 2. The molecule has 31 heavy (non-hydrogen) atoms. The van der Waals surface area contributed by atoms with Crippen LogP contribution in [0.25, 0.3) is 11.3 Å². The highest BCUT2D eigenvalue weighted by Gasteiger charge is 2.37. The second-order valence-electron chi connectivity index (χ2n) is 6.93. The van der Waals surface area contributed by atoms with Crippen LogP contribution in [-0.4, -0.2) is 32.5 Å². The van der Waals surface area contributed by atoms with Gasteiger partial charge in [0.2, 0.25) is 5.91 Å². The Morgan fingerprint density at radius 1 is 1.32 bits per heavy atom. The molecule has 1 fully saturated rings. The summed E-state index contributed by atoms with van der Waals surface area (Å²) in [5.74, 6) is -1.37. The van der Waals surface area contributed by atoms with Gasteiger partial charge in [0, 0.05) is 28.6 Å². The largest absolute Gasteiger partial charge is 0.325 e. The zero-order valence-electron chi connectivity index (χ0n) is 16.1. The standard InChI is InChI=1S/C20H17ClF2N4O2S2/c1-27-18(20(28)25-13-3-4-15(23)14(21)7-13)8-17(26-31(27)29)19-6-11(10-30-19)16-5-2-12(22)9-24-16/h2-7,9-10,17-18,26H,8H2,1H3,(H,25,28). The van der Waals surface area contributed by atoms with Gasteiger partial charge in [-0.15, -0.1) is 11.3 Å². The van der Waals surface area contributed by atoms with Crippen LogP contribution in [0.3, 0.4) is 0 Å². The highest BCUT2D eigenvalue weighted by molar-refractivity contribution is 7.80. The van der Waals surface area contributed by atoms with Gasteiger partial charge in [-0.05, 0) is 42.8 Å². The topological polar surface area (TPSA) is 74.3 Å². The van der Waals surface area contributed by atoms with Crippen molar-refractivity contribution in [2.24, 2.45) is 0 Å². The number of amides is 1. The summed E-state index contributed by atoms with van der Waals surface area (Å²) in [5.41, 5.74) is 1.79. The quantitative estimate of drug-likeness (QED) is 0.582. The van der Waals surface area contributed by atoms with E-state index < -0.39 is 28.8 Å². The van der Waals surface area contributed by atoms with Gasteiger partial charge in [-0.3, -0.25) is 9.78 Å². The molecule has 3 heterocycles. The number of aromatic nitrogens is 1. The van der Waals surface area contributed by atoms with E-state index in [1.165, 1.54) is 39.9 Å². The lowest BCUT2D eigenvalue weighted by atomic mass is 10.0. The first-order chi connectivity index (χ1) is 14.8. The first-order valence-corrected chi connectivity index (χ1v) is 11.6. The van der Waals surface area contributed by atoms with E-state index in [0.29, 0.717) is 17.8 Å². The summed E-state index contributed by atoms with van der Waals surface area (Å²) in [5, 5.41) is 4.49. The summed E-state index contributed by atoms with van der Waals surface area (Å²) in [6.07, 6.45) is 1.51.